The first kappa shape index (κ1) is 19.0. The first-order valence-corrected chi connectivity index (χ1v) is 11.2. The molecule has 2 fully saturated rings. The minimum absolute atomic E-state index is 0.152. The summed E-state index contributed by atoms with van der Waals surface area (Å²) < 4.78 is 11.4. The number of hydrogen-bond acceptors (Lipinski definition) is 5. The Balaban J connectivity index is 1.24. The molecule has 3 aliphatic heterocycles. The smallest absolute Gasteiger partial charge is 0.320 e. The molecule has 0 aromatic carbocycles. The third-order valence-corrected chi connectivity index (χ3v) is 6.86. The Morgan fingerprint density at radius 1 is 1.07 bits per heavy atom. The highest BCUT2D eigenvalue weighted by Crippen LogP contribution is 2.33. The van der Waals surface area contributed by atoms with Crippen LogP contribution < -0.4 is 4.74 Å². The second-order valence-corrected chi connectivity index (χ2v) is 8.77. The number of carbonyl (C=O) groups is 1. The van der Waals surface area contributed by atoms with Gasteiger partial charge in [-0.2, -0.15) is 0 Å². The highest BCUT2D eigenvalue weighted by molar-refractivity contribution is 7.14. The number of hydrogen-bond donors (Lipinski definition) is 0. The third-order valence-electron chi connectivity index (χ3n) is 5.71. The maximum atomic E-state index is 12.7. The van der Waals surface area contributed by atoms with E-state index in [0.717, 1.165) is 37.6 Å². The Morgan fingerprint density at radius 2 is 1.89 bits per heavy atom. The molecule has 0 aliphatic carbocycles. The number of thiophene rings is 1. The number of ether oxygens (including phenoxy) is 2. The van der Waals surface area contributed by atoms with Crippen LogP contribution in [0.1, 0.15) is 36.1 Å². The van der Waals surface area contributed by atoms with Crippen LogP contribution in [-0.2, 0) is 17.7 Å². The van der Waals surface area contributed by atoms with Crippen molar-refractivity contribution in [2.24, 2.45) is 0 Å². The summed E-state index contributed by atoms with van der Waals surface area (Å²) in [7, 11) is 0. The number of piperidine rings is 1. The van der Waals surface area contributed by atoms with Crippen molar-refractivity contribution >= 4 is 17.4 Å². The summed E-state index contributed by atoms with van der Waals surface area (Å²) in [6.07, 6.45) is 6.10. The van der Waals surface area contributed by atoms with Gasteiger partial charge in [-0.15, -0.1) is 11.3 Å². The number of carbonyl (C=O) groups excluding carboxylic acids is 1. The van der Waals surface area contributed by atoms with E-state index in [-0.39, 0.29) is 6.03 Å². The molecule has 4 rings (SSSR count). The van der Waals surface area contributed by atoms with Crippen LogP contribution >= 0.6 is 11.3 Å². The molecule has 150 valence electrons. The van der Waals surface area contributed by atoms with Gasteiger partial charge in [-0.3, -0.25) is 0 Å². The Kier molecular flexibility index (Phi) is 6.52. The molecule has 1 aromatic rings. The average molecular weight is 394 g/mol. The zero-order valence-electron chi connectivity index (χ0n) is 16.2. The Bertz CT molecular complexity index is 624. The van der Waals surface area contributed by atoms with E-state index in [9.17, 15) is 4.79 Å². The van der Waals surface area contributed by atoms with E-state index < -0.39 is 0 Å². The summed E-state index contributed by atoms with van der Waals surface area (Å²) in [5.41, 5.74) is 1.26. The van der Waals surface area contributed by atoms with E-state index in [0.29, 0.717) is 32.8 Å². The van der Waals surface area contributed by atoms with E-state index in [1.54, 1.807) is 11.3 Å². The molecule has 0 unspecified atom stereocenters. The zero-order chi connectivity index (χ0) is 18.5. The van der Waals surface area contributed by atoms with Gasteiger partial charge >= 0.3 is 6.03 Å². The number of rotatable bonds is 5. The molecular weight excluding hydrogens is 362 g/mol. The number of fused-ring (bicyclic) bond motifs is 1. The van der Waals surface area contributed by atoms with Gasteiger partial charge in [-0.1, -0.05) is 6.42 Å². The molecular formula is C20H31N3O3S. The second kappa shape index (κ2) is 9.26. The molecule has 0 atom stereocenters. The third kappa shape index (κ3) is 4.95. The van der Waals surface area contributed by atoms with E-state index in [4.69, 9.17) is 9.47 Å². The predicted octanol–water partition coefficient (Wildman–Crippen LogP) is 2.81. The standard InChI is InChI=1S/C20H31N3O3S/c24-20(22-10-13-25-14-11-22)23-9-5-18-17(16-23)15-19(27-18)26-12-4-8-21-6-2-1-3-7-21/h15H,1-14,16H2. The lowest BCUT2D eigenvalue weighted by Crippen LogP contribution is -2.49. The van der Waals surface area contributed by atoms with Gasteiger partial charge in [0, 0.05) is 37.6 Å². The Labute approximate surface area is 166 Å². The van der Waals surface area contributed by atoms with E-state index in [1.807, 2.05) is 9.80 Å². The van der Waals surface area contributed by atoms with Crippen LogP contribution in [0.25, 0.3) is 0 Å². The molecule has 0 radical (unpaired) electrons. The van der Waals surface area contributed by atoms with Crippen LogP contribution in [0.3, 0.4) is 0 Å². The molecule has 7 heteroatoms. The molecule has 0 saturated carbocycles. The summed E-state index contributed by atoms with van der Waals surface area (Å²) >= 11 is 1.76. The van der Waals surface area contributed by atoms with Crippen molar-refractivity contribution in [3.8, 4) is 5.06 Å². The van der Waals surface area contributed by atoms with Gasteiger partial charge in [-0.25, -0.2) is 4.79 Å². The molecule has 0 N–H and O–H groups in total. The lowest BCUT2D eigenvalue weighted by atomic mass is 10.1. The fourth-order valence-electron chi connectivity index (χ4n) is 4.14. The summed E-state index contributed by atoms with van der Waals surface area (Å²) in [6, 6.07) is 2.30. The summed E-state index contributed by atoms with van der Waals surface area (Å²) in [5, 5.41) is 1.01. The minimum Gasteiger partial charge on any atom is -0.484 e. The number of likely N-dealkylation sites (tertiary alicyclic amines) is 1. The molecule has 0 bridgehead atoms. The van der Waals surface area contributed by atoms with Crippen molar-refractivity contribution in [3.05, 3.63) is 16.5 Å². The molecule has 1 aromatic heterocycles. The fourth-order valence-corrected chi connectivity index (χ4v) is 5.17. The first-order valence-electron chi connectivity index (χ1n) is 10.4. The molecule has 6 nitrogen and oxygen atoms in total. The molecule has 2 amide bonds. The van der Waals surface area contributed by atoms with Gasteiger partial charge in [0.2, 0.25) is 0 Å². The minimum atomic E-state index is 0.152. The quantitative estimate of drug-likeness (QED) is 0.722. The zero-order valence-corrected chi connectivity index (χ0v) is 17.0. The van der Waals surface area contributed by atoms with E-state index in [2.05, 4.69) is 11.0 Å². The van der Waals surface area contributed by atoms with Crippen LogP contribution in [0.4, 0.5) is 4.79 Å². The highest BCUT2D eigenvalue weighted by Gasteiger charge is 2.27. The Morgan fingerprint density at radius 3 is 2.70 bits per heavy atom. The molecule has 0 spiro atoms. The van der Waals surface area contributed by atoms with Crippen molar-refractivity contribution in [1.29, 1.82) is 0 Å². The van der Waals surface area contributed by atoms with Crippen molar-refractivity contribution in [2.45, 2.75) is 38.6 Å². The van der Waals surface area contributed by atoms with Crippen LogP contribution in [-0.4, -0.2) is 79.8 Å². The molecule has 4 heterocycles. The van der Waals surface area contributed by atoms with E-state index in [1.165, 1.54) is 42.8 Å². The van der Waals surface area contributed by atoms with Crippen LogP contribution in [0.2, 0.25) is 0 Å². The fraction of sp³-hybridized carbons (Fsp3) is 0.750. The maximum Gasteiger partial charge on any atom is 0.320 e. The van der Waals surface area contributed by atoms with Gasteiger partial charge in [-0.05, 0) is 50.4 Å². The number of morpholine rings is 1. The number of amides is 2. The predicted molar refractivity (Wildman–Crippen MR) is 107 cm³/mol. The van der Waals surface area contributed by atoms with Gasteiger partial charge in [0.25, 0.3) is 0 Å². The highest BCUT2D eigenvalue weighted by atomic mass is 32.1. The van der Waals surface area contributed by atoms with Gasteiger partial charge in [0.1, 0.15) is 0 Å². The second-order valence-electron chi connectivity index (χ2n) is 7.67. The number of urea groups is 1. The van der Waals surface area contributed by atoms with Crippen molar-refractivity contribution in [2.75, 3.05) is 59.1 Å². The summed E-state index contributed by atoms with van der Waals surface area (Å²) in [4.78, 5) is 20.5. The summed E-state index contributed by atoms with van der Waals surface area (Å²) in [6.45, 7) is 8.66. The SMILES string of the molecule is O=C(N1CCOCC1)N1CCc2sc(OCCCN3CCCCC3)cc2C1. The number of nitrogens with zero attached hydrogens (tertiary/aromatic N) is 3. The molecule has 2 saturated heterocycles. The lowest BCUT2D eigenvalue weighted by Gasteiger charge is -2.34. The van der Waals surface area contributed by atoms with Crippen LogP contribution in [0.15, 0.2) is 6.07 Å². The van der Waals surface area contributed by atoms with Crippen molar-refractivity contribution < 1.29 is 14.3 Å². The molecule has 3 aliphatic rings. The van der Waals surface area contributed by atoms with Crippen LogP contribution in [0, 0.1) is 0 Å². The van der Waals surface area contributed by atoms with Gasteiger partial charge in [0.05, 0.1) is 19.8 Å². The summed E-state index contributed by atoms with van der Waals surface area (Å²) in [5.74, 6) is 0. The van der Waals surface area contributed by atoms with E-state index >= 15 is 0 Å². The first-order chi connectivity index (χ1) is 13.3. The molecule has 27 heavy (non-hydrogen) atoms. The average Bonchev–Trinajstić information content (AvgIpc) is 3.14. The monoisotopic (exact) mass is 393 g/mol. The van der Waals surface area contributed by atoms with Gasteiger partial charge in [0.15, 0.2) is 5.06 Å². The van der Waals surface area contributed by atoms with Crippen molar-refractivity contribution in [1.82, 2.24) is 14.7 Å². The maximum absolute atomic E-state index is 12.7. The normalized spacial score (nSPS) is 21.2. The largest absolute Gasteiger partial charge is 0.484 e. The van der Waals surface area contributed by atoms with Crippen LogP contribution in [0.5, 0.6) is 5.06 Å². The Hall–Kier alpha value is -1.31. The van der Waals surface area contributed by atoms with Crippen molar-refractivity contribution in [3.63, 3.8) is 0 Å². The van der Waals surface area contributed by atoms with Gasteiger partial charge < -0.3 is 24.2 Å². The lowest BCUT2D eigenvalue weighted by molar-refractivity contribution is 0.0422. The topological polar surface area (TPSA) is 45.3 Å².